The Morgan fingerprint density at radius 2 is 2.35 bits per heavy atom. The Balaban J connectivity index is 2.25. The first-order valence-corrected chi connectivity index (χ1v) is 7.00. The Morgan fingerprint density at radius 1 is 1.59 bits per heavy atom. The van der Waals surface area contributed by atoms with Crippen molar-refractivity contribution in [1.82, 2.24) is 0 Å². The molecule has 1 aromatic carbocycles. The monoisotopic (exact) mass is 272 g/mol. The van der Waals surface area contributed by atoms with E-state index in [1.165, 1.54) is 0 Å². The number of nitrogens with two attached hydrogens (primary N) is 1. The Hall–Kier alpha value is -0.710. The van der Waals surface area contributed by atoms with E-state index >= 15 is 0 Å². The molecule has 1 rings (SSSR count). The molecule has 0 saturated carbocycles. The van der Waals surface area contributed by atoms with E-state index < -0.39 is 0 Å². The van der Waals surface area contributed by atoms with Crippen molar-refractivity contribution >= 4 is 35.0 Å². The summed E-state index contributed by atoms with van der Waals surface area (Å²) in [6.07, 6.45) is 0.926. The van der Waals surface area contributed by atoms with Crippen LogP contribution < -0.4 is 11.1 Å². The SMILES string of the molecule is CC(N)CCSCC(=O)Nc1cccc(Cl)c1. The zero-order valence-electron chi connectivity index (χ0n) is 9.78. The molecule has 17 heavy (non-hydrogen) atoms. The van der Waals surface area contributed by atoms with Gasteiger partial charge in [0.1, 0.15) is 0 Å². The molecule has 5 heteroatoms. The average Bonchev–Trinajstić information content (AvgIpc) is 2.24. The lowest BCUT2D eigenvalue weighted by molar-refractivity contribution is -0.113. The van der Waals surface area contributed by atoms with E-state index in [-0.39, 0.29) is 11.9 Å². The molecule has 1 unspecified atom stereocenters. The van der Waals surface area contributed by atoms with Crippen molar-refractivity contribution in [3.8, 4) is 0 Å². The Morgan fingerprint density at radius 3 is 3.00 bits per heavy atom. The number of hydrogen-bond donors (Lipinski definition) is 2. The maximum atomic E-state index is 11.6. The predicted octanol–water partition coefficient (Wildman–Crippen LogP) is 2.75. The molecule has 0 radical (unpaired) electrons. The minimum atomic E-state index is -0.0121. The van der Waals surface area contributed by atoms with Crippen LogP contribution in [-0.2, 0) is 4.79 Å². The molecule has 3 N–H and O–H groups in total. The summed E-state index contributed by atoms with van der Waals surface area (Å²) in [5, 5.41) is 3.41. The van der Waals surface area contributed by atoms with Crippen molar-refractivity contribution in [1.29, 1.82) is 0 Å². The Labute approximate surface area is 111 Å². The van der Waals surface area contributed by atoms with Crippen LogP contribution in [0.1, 0.15) is 13.3 Å². The maximum Gasteiger partial charge on any atom is 0.234 e. The van der Waals surface area contributed by atoms with Crippen LogP contribution in [0.25, 0.3) is 0 Å². The normalized spacial score (nSPS) is 12.2. The molecule has 1 aromatic rings. The minimum absolute atomic E-state index is 0.0121. The maximum absolute atomic E-state index is 11.6. The molecule has 0 fully saturated rings. The number of benzene rings is 1. The summed E-state index contributed by atoms with van der Waals surface area (Å²) >= 11 is 7.41. The lowest BCUT2D eigenvalue weighted by Gasteiger charge is -2.06. The van der Waals surface area contributed by atoms with E-state index in [9.17, 15) is 4.79 Å². The number of nitrogens with one attached hydrogen (secondary N) is 1. The van der Waals surface area contributed by atoms with E-state index in [2.05, 4.69) is 5.32 Å². The summed E-state index contributed by atoms with van der Waals surface area (Å²) in [6, 6.07) is 7.32. The zero-order chi connectivity index (χ0) is 12.7. The van der Waals surface area contributed by atoms with Gasteiger partial charge in [-0.1, -0.05) is 17.7 Å². The molecular weight excluding hydrogens is 256 g/mol. The molecule has 3 nitrogen and oxygen atoms in total. The van der Waals surface area contributed by atoms with Crippen LogP contribution in [0.3, 0.4) is 0 Å². The first-order chi connectivity index (χ1) is 8.08. The molecule has 94 valence electrons. The van der Waals surface area contributed by atoms with Crippen LogP contribution in [-0.4, -0.2) is 23.5 Å². The second-order valence-corrected chi connectivity index (χ2v) is 5.42. The van der Waals surface area contributed by atoms with Gasteiger partial charge in [0.25, 0.3) is 0 Å². The number of carbonyl (C=O) groups excluding carboxylic acids is 1. The van der Waals surface area contributed by atoms with Crippen molar-refractivity contribution < 1.29 is 4.79 Å². The van der Waals surface area contributed by atoms with Crippen LogP contribution in [0.5, 0.6) is 0 Å². The van der Waals surface area contributed by atoms with Crippen LogP contribution in [0, 0.1) is 0 Å². The van der Waals surface area contributed by atoms with Crippen LogP contribution >= 0.6 is 23.4 Å². The van der Waals surface area contributed by atoms with Gasteiger partial charge in [-0.05, 0) is 37.3 Å². The fraction of sp³-hybridized carbons (Fsp3) is 0.417. The third-order valence-corrected chi connectivity index (χ3v) is 3.28. The summed E-state index contributed by atoms with van der Waals surface area (Å²) < 4.78 is 0. The van der Waals surface area contributed by atoms with Crippen molar-refractivity contribution in [3.05, 3.63) is 29.3 Å². The Bertz CT molecular complexity index is 371. The highest BCUT2D eigenvalue weighted by molar-refractivity contribution is 7.99. The first kappa shape index (κ1) is 14.4. The second-order valence-electron chi connectivity index (χ2n) is 3.88. The topological polar surface area (TPSA) is 55.1 Å². The van der Waals surface area contributed by atoms with Gasteiger partial charge in [0, 0.05) is 16.8 Å². The van der Waals surface area contributed by atoms with Gasteiger partial charge in [-0.3, -0.25) is 4.79 Å². The molecule has 0 aliphatic heterocycles. The largest absolute Gasteiger partial charge is 0.328 e. The average molecular weight is 273 g/mol. The summed E-state index contributed by atoms with van der Waals surface area (Å²) in [6.45, 7) is 1.96. The van der Waals surface area contributed by atoms with Gasteiger partial charge in [0.2, 0.25) is 5.91 Å². The summed E-state index contributed by atoms with van der Waals surface area (Å²) in [7, 11) is 0. The second kappa shape index (κ2) is 7.58. The highest BCUT2D eigenvalue weighted by Crippen LogP contribution is 2.15. The van der Waals surface area contributed by atoms with Gasteiger partial charge in [0.05, 0.1) is 5.75 Å². The van der Waals surface area contributed by atoms with E-state index in [0.29, 0.717) is 10.8 Å². The molecule has 0 spiro atoms. The molecular formula is C12H17ClN2OS. The van der Waals surface area contributed by atoms with Crippen LogP contribution in [0.15, 0.2) is 24.3 Å². The van der Waals surface area contributed by atoms with Gasteiger partial charge in [-0.25, -0.2) is 0 Å². The summed E-state index contributed by atoms with van der Waals surface area (Å²) in [4.78, 5) is 11.6. The number of rotatable bonds is 6. The third-order valence-electron chi connectivity index (χ3n) is 2.06. The first-order valence-electron chi connectivity index (χ1n) is 5.46. The van der Waals surface area contributed by atoms with Crippen molar-refractivity contribution in [2.24, 2.45) is 5.73 Å². The number of halogens is 1. The number of thioether (sulfide) groups is 1. The molecule has 0 bridgehead atoms. The zero-order valence-corrected chi connectivity index (χ0v) is 11.4. The molecule has 0 saturated heterocycles. The fourth-order valence-corrected chi connectivity index (χ4v) is 2.33. The van der Waals surface area contributed by atoms with E-state index in [0.717, 1.165) is 17.9 Å². The Kier molecular flexibility index (Phi) is 6.40. The molecule has 0 aliphatic rings. The number of amides is 1. The van der Waals surface area contributed by atoms with Crippen LogP contribution in [0.2, 0.25) is 5.02 Å². The molecule has 0 aromatic heterocycles. The fourth-order valence-electron chi connectivity index (χ4n) is 1.20. The van der Waals surface area contributed by atoms with Gasteiger partial charge >= 0.3 is 0 Å². The summed E-state index contributed by atoms with van der Waals surface area (Å²) in [5.41, 5.74) is 6.35. The lowest BCUT2D eigenvalue weighted by Crippen LogP contribution is -2.17. The quantitative estimate of drug-likeness (QED) is 0.783. The van der Waals surface area contributed by atoms with Crippen LogP contribution in [0.4, 0.5) is 5.69 Å². The summed E-state index contributed by atoms with van der Waals surface area (Å²) in [5.74, 6) is 1.33. The van der Waals surface area contributed by atoms with Gasteiger partial charge in [-0.15, -0.1) is 0 Å². The molecule has 1 amide bonds. The van der Waals surface area contributed by atoms with Gasteiger partial charge in [-0.2, -0.15) is 11.8 Å². The van der Waals surface area contributed by atoms with Crippen molar-refractivity contribution in [2.45, 2.75) is 19.4 Å². The minimum Gasteiger partial charge on any atom is -0.328 e. The van der Waals surface area contributed by atoms with Gasteiger partial charge in [0.15, 0.2) is 0 Å². The lowest BCUT2D eigenvalue weighted by atomic mass is 10.3. The van der Waals surface area contributed by atoms with Crippen molar-refractivity contribution in [3.63, 3.8) is 0 Å². The smallest absolute Gasteiger partial charge is 0.234 e. The standard InChI is InChI=1S/C12H17ClN2OS/c1-9(14)5-6-17-8-12(16)15-11-4-2-3-10(13)7-11/h2-4,7,9H,5-6,8,14H2,1H3,(H,15,16). The molecule has 0 heterocycles. The van der Waals surface area contributed by atoms with E-state index in [1.807, 2.05) is 13.0 Å². The van der Waals surface area contributed by atoms with E-state index in [1.54, 1.807) is 30.0 Å². The number of carbonyl (C=O) groups is 1. The molecule has 0 aliphatic carbocycles. The van der Waals surface area contributed by atoms with Crippen molar-refractivity contribution in [2.75, 3.05) is 16.8 Å². The third kappa shape index (κ3) is 6.56. The molecule has 1 atom stereocenters. The van der Waals surface area contributed by atoms with Gasteiger partial charge < -0.3 is 11.1 Å². The predicted molar refractivity (Wildman–Crippen MR) is 75.7 cm³/mol. The van der Waals surface area contributed by atoms with E-state index in [4.69, 9.17) is 17.3 Å². The number of hydrogen-bond acceptors (Lipinski definition) is 3. The number of anilines is 1. The highest BCUT2D eigenvalue weighted by atomic mass is 35.5. The highest BCUT2D eigenvalue weighted by Gasteiger charge is 2.03.